The van der Waals surface area contributed by atoms with Crippen LogP contribution in [0.15, 0.2) is 59.5 Å². The number of carbonyl (C=O) groups is 1. The lowest BCUT2D eigenvalue weighted by Gasteiger charge is -2.31. The number of aryl methyl sites for hydroxylation is 1. The van der Waals surface area contributed by atoms with Crippen molar-refractivity contribution in [2.75, 3.05) is 26.2 Å². The summed E-state index contributed by atoms with van der Waals surface area (Å²) < 4.78 is 32.6. The molecule has 28 heavy (non-hydrogen) atoms. The lowest BCUT2D eigenvalue weighted by Crippen LogP contribution is -2.45. The summed E-state index contributed by atoms with van der Waals surface area (Å²) in [6.07, 6.45) is 1.36. The molecule has 0 spiro atoms. The molecule has 1 N–H and O–H groups in total. The Morgan fingerprint density at radius 1 is 1.14 bits per heavy atom. The van der Waals surface area contributed by atoms with Gasteiger partial charge in [0.1, 0.15) is 12.4 Å². The highest BCUT2D eigenvalue weighted by Gasteiger charge is 2.33. The van der Waals surface area contributed by atoms with Gasteiger partial charge in [0.25, 0.3) is 0 Å². The fraction of sp³-hybridized carbons (Fsp3) is 0.381. The molecular weight excluding hydrogens is 376 g/mol. The molecule has 1 saturated heterocycles. The van der Waals surface area contributed by atoms with Crippen LogP contribution < -0.4 is 10.1 Å². The van der Waals surface area contributed by atoms with E-state index in [1.165, 1.54) is 4.31 Å². The molecule has 1 fully saturated rings. The molecule has 3 rings (SSSR count). The minimum atomic E-state index is -3.56. The number of piperidine rings is 1. The lowest BCUT2D eigenvalue weighted by atomic mass is 9.99. The molecule has 150 valence electrons. The van der Waals surface area contributed by atoms with Crippen molar-refractivity contribution in [2.24, 2.45) is 5.92 Å². The maximum atomic E-state index is 12.8. The number of sulfonamides is 1. The second-order valence-electron chi connectivity index (χ2n) is 6.97. The van der Waals surface area contributed by atoms with Crippen LogP contribution in [0, 0.1) is 12.8 Å². The van der Waals surface area contributed by atoms with E-state index in [9.17, 15) is 13.2 Å². The van der Waals surface area contributed by atoms with Crippen LogP contribution in [0.25, 0.3) is 0 Å². The Kier molecular flexibility index (Phi) is 6.70. The molecule has 0 bridgehead atoms. The Bertz CT molecular complexity index is 882. The summed E-state index contributed by atoms with van der Waals surface area (Å²) in [6, 6.07) is 16.1. The second-order valence-corrected chi connectivity index (χ2v) is 8.91. The Balaban J connectivity index is 1.49. The maximum Gasteiger partial charge on any atom is 0.243 e. The molecule has 6 nitrogen and oxygen atoms in total. The van der Waals surface area contributed by atoms with Gasteiger partial charge in [-0.3, -0.25) is 4.79 Å². The zero-order chi connectivity index (χ0) is 20.0. The topological polar surface area (TPSA) is 75.7 Å². The molecule has 0 aliphatic carbocycles. The number of amides is 1. The van der Waals surface area contributed by atoms with E-state index in [4.69, 9.17) is 4.74 Å². The minimum absolute atomic E-state index is 0.125. The van der Waals surface area contributed by atoms with Gasteiger partial charge in [0.05, 0.1) is 17.4 Å². The molecule has 0 saturated carbocycles. The van der Waals surface area contributed by atoms with Gasteiger partial charge in [0.15, 0.2) is 0 Å². The maximum absolute atomic E-state index is 12.8. The van der Waals surface area contributed by atoms with E-state index in [1.54, 1.807) is 30.3 Å². The third-order valence-electron chi connectivity index (χ3n) is 4.83. The molecule has 1 unspecified atom stereocenters. The first-order valence-corrected chi connectivity index (χ1v) is 10.9. The fourth-order valence-electron chi connectivity index (χ4n) is 3.24. The Morgan fingerprint density at radius 2 is 1.86 bits per heavy atom. The van der Waals surface area contributed by atoms with Crippen molar-refractivity contribution in [1.82, 2.24) is 9.62 Å². The smallest absolute Gasteiger partial charge is 0.243 e. The Morgan fingerprint density at radius 3 is 2.57 bits per heavy atom. The third kappa shape index (κ3) is 5.11. The lowest BCUT2D eigenvalue weighted by molar-refractivity contribution is -0.126. The van der Waals surface area contributed by atoms with Crippen LogP contribution in [0.3, 0.4) is 0 Å². The number of rotatable bonds is 7. The summed E-state index contributed by atoms with van der Waals surface area (Å²) in [5.41, 5.74) is 1.16. The second kappa shape index (κ2) is 9.21. The van der Waals surface area contributed by atoms with Crippen LogP contribution >= 0.6 is 0 Å². The average Bonchev–Trinajstić information content (AvgIpc) is 2.73. The SMILES string of the molecule is Cc1ccc(OCCNC(=O)C2CCCN(S(=O)(=O)c3ccccc3)C2)cc1. The van der Waals surface area contributed by atoms with Crippen molar-refractivity contribution in [3.05, 3.63) is 60.2 Å². The first kappa shape index (κ1) is 20.4. The van der Waals surface area contributed by atoms with Gasteiger partial charge in [0.2, 0.25) is 15.9 Å². The molecule has 0 aromatic heterocycles. The summed E-state index contributed by atoms with van der Waals surface area (Å²) >= 11 is 0. The van der Waals surface area contributed by atoms with Gasteiger partial charge < -0.3 is 10.1 Å². The molecule has 1 aliphatic rings. The third-order valence-corrected chi connectivity index (χ3v) is 6.71. The zero-order valence-electron chi connectivity index (χ0n) is 16.0. The van der Waals surface area contributed by atoms with Crippen molar-refractivity contribution in [3.8, 4) is 5.75 Å². The van der Waals surface area contributed by atoms with Crippen LogP contribution in [-0.4, -0.2) is 44.9 Å². The quantitative estimate of drug-likeness (QED) is 0.723. The zero-order valence-corrected chi connectivity index (χ0v) is 16.8. The predicted octanol–water partition coefficient (Wildman–Crippen LogP) is 2.59. The molecular formula is C21H26N2O4S. The van der Waals surface area contributed by atoms with Crippen LogP contribution in [0.2, 0.25) is 0 Å². The van der Waals surface area contributed by atoms with Crippen molar-refractivity contribution in [3.63, 3.8) is 0 Å². The average molecular weight is 403 g/mol. The summed E-state index contributed by atoms with van der Waals surface area (Å²) in [4.78, 5) is 12.7. The van der Waals surface area contributed by atoms with Crippen molar-refractivity contribution in [2.45, 2.75) is 24.7 Å². The molecule has 2 aromatic rings. The first-order chi connectivity index (χ1) is 13.5. The number of hydrogen-bond donors (Lipinski definition) is 1. The number of benzene rings is 2. The Hall–Kier alpha value is -2.38. The number of ether oxygens (including phenoxy) is 1. The van der Waals surface area contributed by atoms with Gasteiger partial charge in [-0.1, -0.05) is 35.9 Å². The van der Waals surface area contributed by atoms with E-state index in [1.807, 2.05) is 31.2 Å². The van der Waals surface area contributed by atoms with Crippen molar-refractivity contribution >= 4 is 15.9 Å². The van der Waals surface area contributed by atoms with E-state index in [2.05, 4.69) is 5.32 Å². The van der Waals surface area contributed by atoms with E-state index < -0.39 is 10.0 Å². The van der Waals surface area contributed by atoms with Gasteiger partial charge in [-0.2, -0.15) is 4.31 Å². The summed E-state index contributed by atoms with van der Waals surface area (Å²) in [7, 11) is -3.56. The molecule has 7 heteroatoms. The highest BCUT2D eigenvalue weighted by molar-refractivity contribution is 7.89. The largest absolute Gasteiger partial charge is 0.492 e. The summed E-state index contributed by atoms with van der Waals surface area (Å²) in [5.74, 6) is 0.296. The molecule has 1 aliphatic heterocycles. The number of nitrogens with zero attached hydrogens (tertiary/aromatic N) is 1. The highest BCUT2D eigenvalue weighted by Crippen LogP contribution is 2.23. The fourth-order valence-corrected chi connectivity index (χ4v) is 4.78. The molecule has 2 aromatic carbocycles. The summed E-state index contributed by atoms with van der Waals surface area (Å²) in [6.45, 7) is 3.41. The first-order valence-electron chi connectivity index (χ1n) is 9.49. The van der Waals surface area contributed by atoms with Gasteiger partial charge in [0, 0.05) is 13.1 Å². The predicted molar refractivity (Wildman–Crippen MR) is 108 cm³/mol. The molecule has 0 radical (unpaired) electrons. The van der Waals surface area contributed by atoms with Gasteiger partial charge in [-0.25, -0.2) is 8.42 Å². The van der Waals surface area contributed by atoms with E-state index in [0.717, 1.165) is 11.3 Å². The van der Waals surface area contributed by atoms with Crippen LogP contribution in [0.1, 0.15) is 18.4 Å². The van der Waals surface area contributed by atoms with Crippen LogP contribution in [0.5, 0.6) is 5.75 Å². The molecule has 1 amide bonds. The normalized spacial score (nSPS) is 17.8. The van der Waals surface area contributed by atoms with E-state index in [-0.39, 0.29) is 23.3 Å². The number of nitrogens with one attached hydrogen (secondary N) is 1. The molecule has 1 atom stereocenters. The Labute approximate surface area is 166 Å². The van der Waals surface area contributed by atoms with Crippen LogP contribution in [0.4, 0.5) is 0 Å². The van der Waals surface area contributed by atoms with Crippen molar-refractivity contribution < 1.29 is 17.9 Å². The standard InChI is InChI=1S/C21H26N2O4S/c1-17-9-11-19(12-10-17)27-15-13-22-21(24)18-6-5-14-23(16-18)28(25,26)20-7-3-2-4-8-20/h2-4,7-12,18H,5-6,13-16H2,1H3,(H,22,24). The van der Waals surface area contributed by atoms with Gasteiger partial charge in [-0.15, -0.1) is 0 Å². The minimum Gasteiger partial charge on any atom is -0.492 e. The van der Waals surface area contributed by atoms with Gasteiger partial charge in [-0.05, 0) is 44.0 Å². The number of hydrogen-bond acceptors (Lipinski definition) is 4. The van der Waals surface area contributed by atoms with Crippen molar-refractivity contribution in [1.29, 1.82) is 0 Å². The van der Waals surface area contributed by atoms with E-state index >= 15 is 0 Å². The monoisotopic (exact) mass is 402 g/mol. The number of carbonyl (C=O) groups excluding carboxylic acids is 1. The highest BCUT2D eigenvalue weighted by atomic mass is 32.2. The molecule has 1 heterocycles. The van der Waals surface area contributed by atoms with Crippen LogP contribution in [-0.2, 0) is 14.8 Å². The van der Waals surface area contributed by atoms with E-state index in [0.29, 0.717) is 32.5 Å². The van der Waals surface area contributed by atoms with Gasteiger partial charge >= 0.3 is 0 Å². The summed E-state index contributed by atoms with van der Waals surface area (Å²) in [5, 5.41) is 2.86.